The van der Waals surface area contributed by atoms with Gasteiger partial charge in [0.05, 0.1) is 18.2 Å². The molecule has 7 heteroatoms. The Morgan fingerprint density at radius 1 is 1.16 bits per heavy atom. The highest BCUT2D eigenvalue weighted by Gasteiger charge is 2.81. The molecule has 0 radical (unpaired) electrons. The minimum Gasteiger partial charge on any atom is -0.457 e. The Kier molecular flexibility index (Phi) is 6.64. The van der Waals surface area contributed by atoms with E-state index < -0.39 is 29.8 Å². The van der Waals surface area contributed by atoms with E-state index in [9.17, 15) is 14.7 Å². The second-order valence-electron chi connectivity index (χ2n) is 13.6. The van der Waals surface area contributed by atoms with Crippen molar-refractivity contribution in [3.8, 4) is 0 Å². The van der Waals surface area contributed by atoms with Crippen molar-refractivity contribution >= 4 is 11.9 Å². The van der Waals surface area contributed by atoms with Crippen LogP contribution in [0.25, 0.3) is 0 Å². The lowest BCUT2D eigenvalue weighted by Gasteiger charge is -2.61. The Bertz CT molecular complexity index is 981. The fraction of sp³-hybridized carbons (Fsp3) is 0.867. The van der Waals surface area contributed by atoms with Gasteiger partial charge in [-0.25, -0.2) is 0 Å². The van der Waals surface area contributed by atoms with E-state index in [2.05, 4.69) is 45.1 Å². The third kappa shape index (κ3) is 3.77. The van der Waals surface area contributed by atoms with Gasteiger partial charge in [-0.1, -0.05) is 19.9 Å². The average Bonchev–Trinajstić information content (AvgIpc) is 3.46. The number of epoxide rings is 1. The number of aliphatic hydroxyl groups excluding tert-OH is 1. The normalized spacial score (nSPS) is 49.3. The minimum atomic E-state index is -0.810. The number of nitrogens with one attached hydrogen (secondary N) is 1. The molecule has 1 amide bonds. The molecule has 5 rings (SSSR count). The smallest absolute Gasteiger partial charge is 0.303 e. The van der Waals surface area contributed by atoms with Crippen LogP contribution in [0.3, 0.4) is 0 Å². The zero-order chi connectivity index (χ0) is 27.1. The number of ether oxygens (including phenoxy) is 2. The number of aliphatic hydroxyl groups is 1. The number of fused-ring (bicyclic) bond motifs is 4. The van der Waals surface area contributed by atoms with Gasteiger partial charge in [-0.15, -0.1) is 0 Å². The number of carbonyl (C=O) groups excluding carboxylic acids is 2. The number of esters is 1. The molecule has 2 N–H and O–H groups in total. The van der Waals surface area contributed by atoms with Crippen molar-refractivity contribution in [1.82, 2.24) is 10.2 Å². The van der Waals surface area contributed by atoms with Gasteiger partial charge in [-0.3, -0.25) is 9.59 Å². The highest BCUT2D eigenvalue weighted by atomic mass is 16.7. The first-order valence-electron chi connectivity index (χ1n) is 14.4. The molecular weight excluding hydrogens is 468 g/mol. The average molecular weight is 517 g/mol. The highest BCUT2D eigenvalue weighted by molar-refractivity contribution is 5.93. The van der Waals surface area contributed by atoms with E-state index in [0.717, 1.165) is 12.8 Å². The second-order valence-corrected chi connectivity index (χ2v) is 13.6. The zero-order valence-corrected chi connectivity index (χ0v) is 24.0. The number of amides is 1. The monoisotopic (exact) mass is 516 g/mol. The van der Waals surface area contributed by atoms with Gasteiger partial charge < -0.3 is 24.8 Å². The fourth-order valence-corrected chi connectivity index (χ4v) is 9.89. The van der Waals surface area contributed by atoms with Crippen LogP contribution in [0.5, 0.6) is 0 Å². The molecule has 4 aliphatic carbocycles. The lowest BCUT2D eigenvalue weighted by molar-refractivity contribution is -0.192. The quantitative estimate of drug-likeness (QED) is 0.329. The van der Waals surface area contributed by atoms with Crippen molar-refractivity contribution < 1.29 is 24.2 Å². The van der Waals surface area contributed by atoms with Crippen LogP contribution in [0.2, 0.25) is 0 Å². The van der Waals surface area contributed by atoms with E-state index in [4.69, 9.17) is 9.47 Å². The summed E-state index contributed by atoms with van der Waals surface area (Å²) in [7, 11) is 4.40. The second kappa shape index (κ2) is 9.06. The van der Waals surface area contributed by atoms with Crippen LogP contribution in [0, 0.1) is 34.5 Å². The molecule has 4 saturated carbocycles. The van der Waals surface area contributed by atoms with Gasteiger partial charge >= 0.3 is 5.97 Å². The number of allylic oxidation sites excluding steroid dienone is 1. The van der Waals surface area contributed by atoms with Gasteiger partial charge in [-0.05, 0) is 102 Å². The van der Waals surface area contributed by atoms with E-state index in [-0.39, 0.29) is 17.4 Å². The van der Waals surface area contributed by atoms with Gasteiger partial charge in [0.15, 0.2) is 6.10 Å². The molecule has 0 aromatic heterocycles. The first-order valence-corrected chi connectivity index (χ1v) is 14.4. The number of carbonyl (C=O) groups is 2. The number of hydrogen-bond donors (Lipinski definition) is 2. The third-order valence-corrected chi connectivity index (χ3v) is 12.0. The van der Waals surface area contributed by atoms with Crippen molar-refractivity contribution in [2.24, 2.45) is 34.5 Å². The highest BCUT2D eigenvalue weighted by Crippen LogP contribution is 2.74. The molecule has 1 heterocycles. The number of hydrogen-bond acceptors (Lipinski definition) is 6. The van der Waals surface area contributed by atoms with E-state index in [0.29, 0.717) is 47.1 Å². The molecule has 0 aromatic rings. The molecule has 1 saturated heterocycles. The summed E-state index contributed by atoms with van der Waals surface area (Å²) in [6.45, 7) is 12.2. The summed E-state index contributed by atoms with van der Waals surface area (Å²) >= 11 is 0. The first-order chi connectivity index (χ1) is 17.3. The van der Waals surface area contributed by atoms with Gasteiger partial charge in [0.25, 0.3) is 0 Å². The lowest BCUT2D eigenvalue weighted by atomic mass is 9.43. The maximum Gasteiger partial charge on any atom is 0.303 e. The number of rotatable bonds is 5. The summed E-state index contributed by atoms with van der Waals surface area (Å²) in [5, 5.41) is 14.5. The van der Waals surface area contributed by atoms with E-state index in [1.54, 1.807) is 13.0 Å². The Balaban J connectivity index is 1.47. The predicted molar refractivity (Wildman–Crippen MR) is 142 cm³/mol. The fourth-order valence-electron chi connectivity index (χ4n) is 9.89. The molecule has 0 aromatic carbocycles. The zero-order valence-electron chi connectivity index (χ0n) is 24.0. The van der Waals surface area contributed by atoms with Gasteiger partial charge in [0.2, 0.25) is 5.91 Å². The Morgan fingerprint density at radius 2 is 1.86 bits per heavy atom. The summed E-state index contributed by atoms with van der Waals surface area (Å²) in [6, 6.07) is -0.136. The topological polar surface area (TPSA) is 91.4 Å². The lowest BCUT2D eigenvalue weighted by Crippen LogP contribution is -2.71. The summed E-state index contributed by atoms with van der Waals surface area (Å²) in [4.78, 5) is 27.5. The van der Waals surface area contributed by atoms with Crippen LogP contribution >= 0.6 is 0 Å². The largest absolute Gasteiger partial charge is 0.457 e. The maximum atomic E-state index is 12.8. The molecule has 208 valence electrons. The van der Waals surface area contributed by atoms with E-state index in [1.165, 1.54) is 26.2 Å². The Labute approximate surface area is 222 Å². The van der Waals surface area contributed by atoms with Crippen LogP contribution in [-0.4, -0.2) is 72.0 Å². The Morgan fingerprint density at radius 3 is 2.49 bits per heavy atom. The molecule has 5 aliphatic rings. The molecule has 7 nitrogen and oxygen atoms in total. The van der Waals surface area contributed by atoms with Crippen molar-refractivity contribution in [1.29, 1.82) is 0 Å². The SMILES string of the molecule is C/C=C(\C)C(=O)N[C@H]1[C@@H](O)C[C@]2(C)[C@H]3CC[C@]4(C)[C@@H]([C@H](C)N(C)C)CC[C@H]4[C@@H]3C[C@@H]3O[C@@]32[C@H]1OC(C)=O. The van der Waals surface area contributed by atoms with E-state index in [1.807, 2.05) is 6.92 Å². The Hall–Kier alpha value is -1.44. The molecule has 5 fully saturated rings. The number of nitrogens with zero attached hydrogens (tertiary/aromatic N) is 1. The summed E-state index contributed by atoms with van der Waals surface area (Å²) in [5.41, 5.74) is -0.0716. The molecule has 37 heavy (non-hydrogen) atoms. The third-order valence-electron chi connectivity index (χ3n) is 12.0. The summed E-state index contributed by atoms with van der Waals surface area (Å²) in [5.74, 6) is 1.64. The van der Waals surface area contributed by atoms with Crippen molar-refractivity contribution in [3.05, 3.63) is 11.6 Å². The van der Waals surface area contributed by atoms with Crippen LogP contribution < -0.4 is 5.32 Å². The van der Waals surface area contributed by atoms with Crippen LogP contribution in [0.4, 0.5) is 0 Å². The molecule has 1 spiro atoms. The first kappa shape index (κ1) is 27.1. The minimum absolute atomic E-state index is 0.00881. The van der Waals surface area contributed by atoms with Gasteiger partial charge in [0, 0.05) is 24.0 Å². The van der Waals surface area contributed by atoms with Crippen molar-refractivity contribution in [3.63, 3.8) is 0 Å². The van der Waals surface area contributed by atoms with Crippen LogP contribution in [0.15, 0.2) is 11.6 Å². The molecule has 12 atom stereocenters. The van der Waals surface area contributed by atoms with Crippen molar-refractivity contribution in [2.75, 3.05) is 14.1 Å². The molecular formula is C30H48N2O5. The van der Waals surface area contributed by atoms with Gasteiger partial charge in [-0.2, -0.15) is 0 Å². The standard InChI is InChI=1S/C30H48N2O5/c1-9-16(2)27(35)31-25-23(34)15-29(6)22-12-13-28(5)20(17(3)32(7)8)10-11-21(28)19(22)14-24-30(29,37-24)26(25)36-18(4)33/h9,17,19-26,34H,10-15H2,1-8H3,(H,31,35)/b16-9+/t17-,19-,20+,21-,22-,23-,24-,25-,26-,28+,29+,30+/m0/s1. The van der Waals surface area contributed by atoms with Crippen LogP contribution in [-0.2, 0) is 19.1 Å². The molecule has 0 unspecified atom stereocenters. The van der Waals surface area contributed by atoms with E-state index >= 15 is 0 Å². The predicted octanol–water partition coefficient (Wildman–Crippen LogP) is 3.69. The van der Waals surface area contributed by atoms with Gasteiger partial charge in [0.1, 0.15) is 5.60 Å². The molecule has 0 bridgehead atoms. The molecule has 1 aliphatic heterocycles. The maximum absolute atomic E-state index is 12.8. The summed E-state index contributed by atoms with van der Waals surface area (Å²) < 4.78 is 12.6. The summed E-state index contributed by atoms with van der Waals surface area (Å²) in [6.07, 6.45) is 6.58. The van der Waals surface area contributed by atoms with Crippen LogP contribution in [0.1, 0.15) is 80.1 Å². The van der Waals surface area contributed by atoms with Crippen molar-refractivity contribution in [2.45, 2.75) is 116 Å².